The van der Waals surface area contributed by atoms with Crippen molar-refractivity contribution in [1.29, 1.82) is 0 Å². The molecule has 0 bridgehead atoms. The summed E-state index contributed by atoms with van der Waals surface area (Å²) in [6.45, 7) is 0. The molecular weight excluding hydrogens is 446 g/mol. The summed E-state index contributed by atoms with van der Waals surface area (Å²) >= 11 is 0. The van der Waals surface area contributed by atoms with Crippen LogP contribution in [0.15, 0.2) is 127 Å². The highest BCUT2D eigenvalue weighted by Gasteiger charge is 2.28. The maximum absolute atomic E-state index is 2.52. The molecule has 0 atom stereocenters. The number of para-hydroxylation sites is 2. The molecule has 0 unspecified atom stereocenters. The van der Waals surface area contributed by atoms with E-state index >= 15 is 0 Å². The van der Waals surface area contributed by atoms with Gasteiger partial charge in [-0.05, 0) is 61.8 Å². The lowest BCUT2D eigenvalue weighted by Gasteiger charge is -2.19. The van der Waals surface area contributed by atoms with Crippen LogP contribution in [0.1, 0.15) is 0 Å². The second-order valence-corrected chi connectivity index (χ2v) is 10.1. The fourth-order valence-corrected chi connectivity index (χ4v) is 6.79. The van der Waals surface area contributed by atoms with Crippen molar-refractivity contribution in [2.24, 2.45) is 0 Å². The van der Waals surface area contributed by atoms with Gasteiger partial charge in [0.15, 0.2) is 0 Å². The van der Waals surface area contributed by atoms with Crippen LogP contribution < -0.4 is 0 Å². The van der Waals surface area contributed by atoms with E-state index in [9.17, 15) is 0 Å². The topological polar surface area (TPSA) is 4.93 Å². The summed E-state index contributed by atoms with van der Waals surface area (Å²) in [6, 6.07) is 47.0. The van der Waals surface area contributed by atoms with E-state index in [1.807, 2.05) is 0 Å². The van der Waals surface area contributed by atoms with Crippen LogP contribution in [0.25, 0.3) is 82.1 Å². The molecule has 0 saturated carbocycles. The molecule has 0 radical (unpaired) electrons. The molecule has 9 rings (SSSR count). The molecule has 0 fully saturated rings. The summed E-state index contributed by atoms with van der Waals surface area (Å²) < 4.78 is 2.52. The van der Waals surface area contributed by atoms with E-state index in [0.717, 1.165) is 0 Å². The number of hydrogen-bond donors (Lipinski definition) is 0. The van der Waals surface area contributed by atoms with Crippen molar-refractivity contribution in [3.8, 4) is 27.9 Å². The molecule has 1 nitrogen and oxygen atoms in total. The quantitative estimate of drug-likeness (QED) is 0.212. The van der Waals surface area contributed by atoms with E-state index in [2.05, 4.69) is 132 Å². The first-order chi connectivity index (χ1) is 18.4. The van der Waals surface area contributed by atoms with Crippen molar-refractivity contribution in [2.75, 3.05) is 0 Å². The Bertz CT molecular complexity index is 2190. The zero-order chi connectivity index (χ0) is 24.1. The number of hydrogen-bond acceptors (Lipinski definition) is 0. The van der Waals surface area contributed by atoms with Crippen LogP contribution in [-0.4, -0.2) is 4.57 Å². The van der Waals surface area contributed by atoms with E-state index in [1.165, 1.54) is 82.1 Å². The first-order valence-electron chi connectivity index (χ1n) is 12.9. The van der Waals surface area contributed by atoms with Gasteiger partial charge in [0.1, 0.15) is 0 Å². The first-order valence-corrected chi connectivity index (χ1v) is 12.9. The van der Waals surface area contributed by atoms with Crippen molar-refractivity contribution in [3.63, 3.8) is 0 Å². The van der Waals surface area contributed by atoms with Crippen LogP contribution in [0.5, 0.6) is 0 Å². The minimum absolute atomic E-state index is 1.25. The number of nitrogens with zero attached hydrogens (tertiary/aromatic N) is 1. The largest absolute Gasteiger partial charge is 0.308 e. The van der Waals surface area contributed by atoms with Crippen LogP contribution in [0.2, 0.25) is 0 Å². The monoisotopic (exact) mass is 467 g/mol. The van der Waals surface area contributed by atoms with Crippen LogP contribution in [0.3, 0.4) is 0 Å². The average molecular weight is 468 g/mol. The van der Waals surface area contributed by atoms with E-state index in [1.54, 1.807) is 0 Å². The molecule has 0 N–H and O–H groups in total. The minimum Gasteiger partial charge on any atom is -0.308 e. The molecule has 1 aliphatic rings. The zero-order valence-corrected chi connectivity index (χ0v) is 20.1. The predicted octanol–water partition coefficient (Wildman–Crippen LogP) is 9.89. The van der Waals surface area contributed by atoms with Gasteiger partial charge in [0.2, 0.25) is 0 Å². The van der Waals surface area contributed by atoms with E-state index < -0.39 is 0 Å². The van der Waals surface area contributed by atoms with Gasteiger partial charge in [-0.25, -0.2) is 0 Å². The summed E-state index contributed by atoms with van der Waals surface area (Å²) in [7, 11) is 0. The number of benzene rings is 7. The fourth-order valence-electron chi connectivity index (χ4n) is 6.79. The molecular formula is C36H21N. The minimum atomic E-state index is 1.25. The summed E-state index contributed by atoms with van der Waals surface area (Å²) in [5.41, 5.74) is 9.09. The van der Waals surface area contributed by atoms with Gasteiger partial charge in [-0.2, -0.15) is 0 Å². The molecule has 1 aromatic heterocycles. The third kappa shape index (κ3) is 2.39. The molecule has 37 heavy (non-hydrogen) atoms. The predicted molar refractivity (Wildman–Crippen MR) is 158 cm³/mol. The highest BCUT2D eigenvalue weighted by atomic mass is 15.0. The number of aromatic nitrogens is 1. The normalized spacial score (nSPS) is 12.3. The van der Waals surface area contributed by atoms with Crippen molar-refractivity contribution in [1.82, 2.24) is 4.57 Å². The van der Waals surface area contributed by atoms with Gasteiger partial charge in [-0.3, -0.25) is 0 Å². The fraction of sp³-hybridized carbons (Fsp3) is 0. The van der Waals surface area contributed by atoms with Gasteiger partial charge in [0.05, 0.1) is 16.7 Å². The first kappa shape index (κ1) is 19.3. The maximum Gasteiger partial charge on any atom is 0.0625 e. The highest BCUT2D eigenvalue weighted by Crippen LogP contribution is 2.53. The lowest BCUT2D eigenvalue weighted by atomic mass is 9.92. The Morgan fingerprint density at radius 1 is 0.378 bits per heavy atom. The van der Waals surface area contributed by atoms with Crippen molar-refractivity contribution >= 4 is 54.1 Å². The van der Waals surface area contributed by atoms with E-state index in [-0.39, 0.29) is 0 Å². The lowest BCUT2D eigenvalue weighted by Crippen LogP contribution is -1.99. The molecule has 170 valence electrons. The molecule has 0 saturated heterocycles. The third-order valence-corrected chi connectivity index (χ3v) is 8.29. The lowest BCUT2D eigenvalue weighted by molar-refractivity contribution is 1.20. The Labute approximate surface area is 213 Å². The Hall–Kier alpha value is -4.88. The molecule has 7 aromatic carbocycles. The van der Waals surface area contributed by atoms with E-state index in [4.69, 9.17) is 0 Å². The molecule has 0 aliphatic heterocycles. The molecule has 0 spiro atoms. The van der Waals surface area contributed by atoms with Crippen LogP contribution >= 0.6 is 0 Å². The summed E-state index contributed by atoms with van der Waals surface area (Å²) in [5, 5.41) is 10.4. The van der Waals surface area contributed by atoms with Gasteiger partial charge in [-0.1, -0.05) is 109 Å². The standard InChI is InChI=1S/C36H21N/c1-2-12-24-22(9-1)19-20-28-30(24)21-31-27-15-7-10-23-11-8-16-29(34(23)27)35(31)36(28)37-32-17-5-3-13-25(32)26-14-4-6-18-33(26)37/h1-21H. The average Bonchev–Trinajstić information content (AvgIpc) is 3.46. The number of fused-ring (bicyclic) bond motifs is 9. The summed E-state index contributed by atoms with van der Waals surface area (Å²) in [6.07, 6.45) is 0. The van der Waals surface area contributed by atoms with Gasteiger partial charge >= 0.3 is 0 Å². The van der Waals surface area contributed by atoms with Gasteiger partial charge in [0, 0.05) is 21.7 Å². The summed E-state index contributed by atoms with van der Waals surface area (Å²) in [4.78, 5) is 0. The third-order valence-electron chi connectivity index (χ3n) is 8.29. The molecule has 1 heterocycles. The molecule has 8 aromatic rings. The SMILES string of the molecule is c1cc2c3c(cccc3c1)-c1c-2cc2c(ccc3ccccc32)c1-n1c2ccccc2c2ccccc21. The van der Waals surface area contributed by atoms with Gasteiger partial charge in [0.25, 0.3) is 0 Å². The second-order valence-electron chi connectivity index (χ2n) is 10.1. The summed E-state index contributed by atoms with van der Waals surface area (Å²) in [5.74, 6) is 0. The van der Waals surface area contributed by atoms with Crippen LogP contribution in [-0.2, 0) is 0 Å². The smallest absolute Gasteiger partial charge is 0.0625 e. The molecule has 0 amide bonds. The van der Waals surface area contributed by atoms with Crippen molar-refractivity contribution in [3.05, 3.63) is 127 Å². The van der Waals surface area contributed by atoms with Crippen LogP contribution in [0.4, 0.5) is 0 Å². The second kappa shape index (κ2) is 6.87. The van der Waals surface area contributed by atoms with Crippen molar-refractivity contribution < 1.29 is 0 Å². The Kier molecular flexibility index (Phi) is 3.59. The Morgan fingerprint density at radius 3 is 1.76 bits per heavy atom. The maximum atomic E-state index is 2.52. The zero-order valence-electron chi connectivity index (χ0n) is 20.1. The number of rotatable bonds is 1. The van der Waals surface area contributed by atoms with Gasteiger partial charge < -0.3 is 4.57 Å². The Balaban J connectivity index is 1.59. The highest BCUT2D eigenvalue weighted by molar-refractivity contribution is 6.24. The van der Waals surface area contributed by atoms with E-state index in [0.29, 0.717) is 0 Å². The van der Waals surface area contributed by atoms with Crippen molar-refractivity contribution in [2.45, 2.75) is 0 Å². The molecule has 1 heteroatoms. The Morgan fingerprint density at radius 2 is 1.00 bits per heavy atom. The van der Waals surface area contributed by atoms with Gasteiger partial charge in [-0.15, -0.1) is 0 Å². The molecule has 1 aliphatic carbocycles. The van der Waals surface area contributed by atoms with Crippen LogP contribution in [0, 0.1) is 0 Å².